The number of aromatic nitrogens is 1. The van der Waals surface area contributed by atoms with Crippen LogP contribution in [0.2, 0.25) is 0 Å². The van der Waals surface area contributed by atoms with E-state index < -0.39 is 10.0 Å². The quantitative estimate of drug-likeness (QED) is 0.263. The van der Waals surface area contributed by atoms with Gasteiger partial charge in [-0.05, 0) is 98.3 Å². The number of morpholine rings is 1. The van der Waals surface area contributed by atoms with E-state index in [0.717, 1.165) is 28.4 Å². The van der Waals surface area contributed by atoms with Crippen molar-refractivity contribution in [2.75, 3.05) is 45.4 Å². The Balaban J connectivity index is 1.30. The van der Waals surface area contributed by atoms with Gasteiger partial charge in [-0.3, -0.25) is 4.79 Å². The maximum Gasteiger partial charge on any atom is 0.258 e. The fourth-order valence-corrected chi connectivity index (χ4v) is 7.03. The first-order valence-corrected chi connectivity index (χ1v) is 15.4. The van der Waals surface area contributed by atoms with Gasteiger partial charge in [0.25, 0.3) is 5.91 Å². The Morgan fingerprint density at radius 1 is 0.860 bits per heavy atom. The van der Waals surface area contributed by atoms with Gasteiger partial charge < -0.3 is 23.7 Å². The average Bonchev–Trinajstić information content (AvgIpc) is 3.44. The van der Waals surface area contributed by atoms with Gasteiger partial charge in [0.1, 0.15) is 17.2 Å². The van der Waals surface area contributed by atoms with Gasteiger partial charge in [-0.2, -0.15) is 4.31 Å². The number of ether oxygens (including phenoxy) is 3. The maximum absolute atomic E-state index is 13.4. The van der Waals surface area contributed by atoms with Gasteiger partial charge in [0.2, 0.25) is 10.0 Å². The summed E-state index contributed by atoms with van der Waals surface area (Å²) in [6, 6.07) is 22.1. The molecule has 0 atom stereocenters. The first-order chi connectivity index (χ1) is 20.7. The molecule has 0 saturated carbocycles. The number of amides is 1. The highest BCUT2D eigenvalue weighted by Crippen LogP contribution is 2.39. The van der Waals surface area contributed by atoms with Crippen molar-refractivity contribution in [3.63, 3.8) is 0 Å². The largest absolute Gasteiger partial charge is 0.497 e. The van der Waals surface area contributed by atoms with Crippen molar-refractivity contribution in [2.45, 2.75) is 18.7 Å². The third-order valence-electron chi connectivity index (χ3n) is 7.92. The first-order valence-electron chi connectivity index (χ1n) is 14.0. The molecule has 9 nitrogen and oxygen atoms in total. The summed E-state index contributed by atoms with van der Waals surface area (Å²) >= 11 is 0. The number of benzene rings is 3. The second-order valence-electron chi connectivity index (χ2n) is 10.6. The van der Waals surface area contributed by atoms with E-state index in [1.165, 1.54) is 4.31 Å². The van der Waals surface area contributed by atoms with E-state index in [2.05, 4.69) is 4.57 Å². The van der Waals surface area contributed by atoms with Crippen molar-refractivity contribution in [3.8, 4) is 22.9 Å². The number of likely N-dealkylation sites (N-methyl/N-ethyl adjacent to an activating group) is 1. The van der Waals surface area contributed by atoms with Crippen LogP contribution >= 0.6 is 0 Å². The molecule has 43 heavy (non-hydrogen) atoms. The van der Waals surface area contributed by atoms with Gasteiger partial charge in [0, 0.05) is 48.3 Å². The third kappa shape index (κ3) is 5.33. The van der Waals surface area contributed by atoms with E-state index in [4.69, 9.17) is 14.2 Å². The molecule has 0 unspecified atom stereocenters. The van der Waals surface area contributed by atoms with Crippen LogP contribution in [0.25, 0.3) is 17.3 Å². The van der Waals surface area contributed by atoms with Crippen molar-refractivity contribution >= 4 is 33.3 Å². The molecule has 2 aliphatic heterocycles. The predicted molar refractivity (Wildman–Crippen MR) is 166 cm³/mol. The number of carbonyl (C=O) groups is 1. The summed E-state index contributed by atoms with van der Waals surface area (Å²) in [6.07, 6.45) is 1.86. The van der Waals surface area contributed by atoms with Crippen molar-refractivity contribution in [3.05, 3.63) is 95.3 Å². The Bertz CT molecular complexity index is 1820. The zero-order chi connectivity index (χ0) is 30.3. The molecule has 1 saturated heterocycles. The minimum Gasteiger partial charge on any atom is -0.497 e. The van der Waals surface area contributed by atoms with Gasteiger partial charge in [-0.1, -0.05) is 0 Å². The molecule has 4 aromatic rings. The maximum atomic E-state index is 13.4. The molecule has 2 aliphatic rings. The van der Waals surface area contributed by atoms with Crippen LogP contribution in [0.5, 0.6) is 17.2 Å². The molecule has 0 N–H and O–H groups in total. The Morgan fingerprint density at radius 2 is 1.49 bits per heavy atom. The summed E-state index contributed by atoms with van der Waals surface area (Å²) in [4.78, 5) is 15.1. The molecule has 0 radical (unpaired) electrons. The van der Waals surface area contributed by atoms with E-state index >= 15 is 0 Å². The number of anilines is 1. The Hall–Kier alpha value is -4.38. The molecular weight excluding hydrogens is 566 g/mol. The van der Waals surface area contributed by atoms with Crippen LogP contribution < -0.4 is 14.4 Å². The van der Waals surface area contributed by atoms with Gasteiger partial charge in [-0.15, -0.1) is 0 Å². The van der Waals surface area contributed by atoms with Crippen LogP contribution in [0.15, 0.2) is 77.7 Å². The zero-order valence-electron chi connectivity index (χ0n) is 24.5. The SMILES string of the molecule is COc1ccc(Oc2ccc(-n3c(C)cc(/C=C4\C(=O)N(C)c5ccc(S(=O)(=O)N6CCOCC6)cc54)c3C)cc2)cc1. The highest BCUT2D eigenvalue weighted by Gasteiger charge is 2.33. The van der Waals surface area contributed by atoms with Gasteiger partial charge in [0.05, 0.1) is 30.9 Å². The van der Waals surface area contributed by atoms with E-state index in [0.29, 0.717) is 54.6 Å². The highest BCUT2D eigenvalue weighted by atomic mass is 32.2. The van der Waals surface area contributed by atoms with Crippen LogP contribution in [-0.2, 0) is 19.6 Å². The van der Waals surface area contributed by atoms with Crippen LogP contribution in [-0.4, -0.2) is 63.7 Å². The Morgan fingerprint density at radius 3 is 2.14 bits per heavy atom. The van der Waals surface area contributed by atoms with Crippen molar-refractivity contribution < 1.29 is 27.4 Å². The van der Waals surface area contributed by atoms with E-state index in [1.54, 1.807) is 37.3 Å². The van der Waals surface area contributed by atoms with Crippen molar-refractivity contribution in [1.29, 1.82) is 0 Å². The number of aryl methyl sites for hydroxylation is 1. The first kappa shape index (κ1) is 28.7. The monoisotopic (exact) mass is 599 g/mol. The molecule has 222 valence electrons. The van der Waals surface area contributed by atoms with E-state index in [-0.39, 0.29) is 10.8 Å². The number of methoxy groups -OCH3 is 1. The topological polar surface area (TPSA) is 90.3 Å². The number of hydrogen-bond donors (Lipinski definition) is 0. The Kier molecular flexibility index (Phi) is 7.59. The molecule has 6 rings (SSSR count). The van der Waals surface area contributed by atoms with E-state index in [1.807, 2.05) is 74.5 Å². The fourth-order valence-electron chi connectivity index (χ4n) is 5.59. The lowest BCUT2D eigenvalue weighted by molar-refractivity contribution is -0.112. The molecule has 0 aliphatic carbocycles. The van der Waals surface area contributed by atoms with Gasteiger partial charge >= 0.3 is 0 Å². The van der Waals surface area contributed by atoms with Gasteiger partial charge in [0.15, 0.2) is 0 Å². The number of carbonyl (C=O) groups excluding carboxylic acids is 1. The molecule has 3 heterocycles. The van der Waals surface area contributed by atoms with Gasteiger partial charge in [-0.25, -0.2) is 8.42 Å². The van der Waals surface area contributed by atoms with Crippen LogP contribution in [0.1, 0.15) is 22.5 Å². The number of nitrogens with zero attached hydrogens (tertiary/aromatic N) is 3. The average molecular weight is 600 g/mol. The summed E-state index contributed by atoms with van der Waals surface area (Å²) in [7, 11) is -0.381. The van der Waals surface area contributed by atoms with Crippen LogP contribution in [0.4, 0.5) is 5.69 Å². The fraction of sp³-hybridized carbons (Fsp3) is 0.242. The lowest BCUT2D eigenvalue weighted by Crippen LogP contribution is -2.40. The summed E-state index contributed by atoms with van der Waals surface area (Å²) in [5.41, 5.74) is 5.52. The molecule has 10 heteroatoms. The number of fused-ring (bicyclic) bond motifs is 1. The van der Waals surface area contributed by atoms with Crippen molar-refractivity contribution in [2.24, 2.45) is 0 Å². The van der Waals surface area contributed by atoms with Crippen LogP contribution in [0, 0.1) is 13.8 Å². The molecule has 1 amide bonds. The minimum absolute atomic E-state index is 0.171. The highest BCUT2D eigenvalue weighted by molar-refractivity contribution is 7.89. The lowest BCUT2D eigenvalue weighted by atomic mass is 10.0. The smallest absolute Gasteiger partial charge is 0.258 e. The zero-order valence-corrected chi connectivity index (χ0v) is 25.3. The number of sulfonamides is 1. The summed E-state index contributed by atoms with van der Waals surface area (Å²) in [6.45, 7) is 5.36. The lowest BCUT2D eigenvalue weighted by Gasteiger charge is -2.26. The summed E-state index contributed by atoms with van der Waals surface area (Å²) in [5, 5.41) is 0. The van der Waals surface area contributed by atoms with Crippen LogP contribution in [0.3, 0.4) is 0 Å². The number of hydrogen-bond acceptors (Lipinski definition) is 6. The molecule has 3 aromatic carbocycles. The Labute approximate surface area is 251 Å². The molecule has 0 bridgehead atoms. The predicted octanol–water partition coefficient (Wildman–Crippen LogP) is 5.43. The second kappa shape index (κ2) is 11.4. The molecule has 1 aromatic heterocycles. The second-order valence-corrected chi connectivity index (χ2v) is 12.5. The normalized spacial score (nSPS) is 16.5. The van der Waals surface area contributed by atoms with Crippen molar-refractivity contribution in [1.82, 2.24) is 8.87 Å². The third-order valence-corrected chi connectivity index (χ3v) is 9.82. The molecular formula is C33H33N3O6S. The van der Waals surface area contributed by atoms with E-state index in [9.17, 15) is 13.2 Å². The molecule has 0 spiro atoms. The minimum atomic E-state index is -3.71. The summed E-state index contributed by atoms with van der Waals surface area (Å²) < 4.78 is 46.8. The standard InChI is InChI=1S/C33H33N3O6S/c1-22-19-24(23(2)36(22)25-5-7-27(8-6-25)42-28-11-9-26(40-4)10-12-28)20-31-30-21-29(13-14-32(30)34(3)33(31)37)43(38,39)35-15-17-41-18-16-35/h5-14,19-21H,15-18H2,1-4H3/b31-20-. The molecule has 1 fully saturated rings. The summed E-state index contributed by atoms with van der Waals surface area (Å²) in [5.74, 6) is 2.00. The number of rotatable bonds is 7.